The van der Waals surface area contributed by atoms with Crippen LogP contribution in [-0.2, 0) is 6.42 Å². The Morgan fingerprint density at radius 1 is 1.14 bits per heavy atom. The van der Waals surface area contributed by atoms with Crippen LogP contribution in [0.2, 0.25) is 0 Å². The van der Waals surface area contributed by atoms with E-state index in [1.165, 1.54) is 0 Å². The number of nitrogen functional groups attached to an aromatic ring is 1. The summed E-state index contributed by atoms with van der Waals surface area (Å²) in [5.74, 6) is 1.03. The molecule has 0 bridgehead atoms. The van der Waals surface area contributed by atoms with Crippen LogP contribution in [0.4, 0.5) is 5.95 Å². The number of aryl methyl sites for hydroxylation is 1. The van der Waals surface area contributed by atoms with Gasteiger partial charge in [0, 0.05) is 42.1 Å². The maximum absolute atomic E-state index is 5.71. The van der Waals surface area contributed by atoms with Crippen molar-refractivity contribution in [2.45, 2.75) is 19.3 Å². The zero-order chi connectivity index (χ0) is 14.2. The summed E-state index contributed by atoms with van der Waals surface area (Å²) in [6.07, 6.45) is 14.5. The highest BCUT2D eigenvalue weighted by atomic mass is 15.1. The molecule has 104 valence electrons. The second kappa shape index (κ2) is 4.66. The number of fused-ring (bicyclic) bond motifs is 2. The van der Waals surface area contributed by atoms with Crippen LogP contribution in [0.25, 0.3) is 11.4 Å². The Labute approximate surface area is 121 Å². The maximum Gasteiger partial charge on any atom is 0.233 e. The molecule has 3 aromatic heterocycles. The summed E-state index contributed by atoms with van der Waals surface area (Å²) in [5.41, 5.74) is 9.92. The SMILES string of the molecule is Nc1ncc2c(n1)CCCC=C2c1cnc2nccn2c1. The van der Waals surface area contributed by atoms with Gasteiger partial charge in [-0.15, -0.1) is 0 Å². The van der Waals surface area contributed by atoms with Gasteiger partial charge in [-0.05, 0) is 24.8 Å². The number of nitrogens with two attached hydrogens (primary N) is 1. The van der Waals surface area contributed by atoms with E-state index in [0.717, 1.165) is 41.7 Å². The van der Waals surface area contributed by atoms with E-state index in [1.807, 2.05) is 29.2 Å². The average Bonchev–Trinajstić information content (AvgIpc) is 2.86. The van der Waals surface area contributed by atoms with Crippen molar-refractivity contribution in [3.05, 3.63) is 53.9 Å². The minimum atomic E-state index is 0.332. The molecule has 4 rings (SSSR count). The summed E-state index contributed by atoms with van der Waals surface area (Å²) in [5, 5.41) is 0. The van der Waals surface area contributed by atoms with Crippen molar-refractivity contribution in [2.75, 3.05) is 5.73 Å². The van der Waals surface area contributed by atoms with Gasteiger partial charge in [-0.2, -0.15) is 0 Å². The van der Waals surface area contributed by atoms with Crippen LogP contribution in [-0.4, -0.2) is 24.3 Å². The van der Waals surface area contributed by atoms with Gasteiger partial charge < -0.3 is 5.73 Å². The average molecular weight is 278 g/mol. The molecule has 21 heavy (non-hydrogen) atoms. The molecule has 0 atom stereocenters. The van der Waals surface area contributed by atoms with Gasteiger partial charge >= 0.3 is 0 Å². The van der Waals surface area contributed by atoms with Gasteiger partial charge in [0.15, 0.2) is 0 Å². The Morgan fingerprint density at radius 3 is 3.05 bits per heavy atom. The van der Waals surface area contributed by atoms with Gasteiger partial charge in [0.1, 0.15) is 0 Å². The van der Waals surface area contributed by atoms with Crippen molar-refractivity contribution >= 4 is 17.3 Å². The molecular weight excluding hydrogens is 264 g/mol. The van der Waals surface area contributed by atoms with Crippen molar-refractivity contribution < 1.29 is 0 Å². The minimum Gasteiger partial charge on any atom is -0.368 e. The largest absolute Gasteiger partial charge is 0.368 e. The summed E-state index contributed by atoms with van der Waals surface area (Å²) in [7, 11) is 0. The molecule has 0 spiro atoms. The van der Waals surface area contributed by atoms with Crippen LogP contribution in [0.5, 0.6) is 0 Å². The number of nitrogens with zero attached hydrogens (tertiary/aromatic N) is 5. The van der Waals surface area contributed by atoms with E-state index < -0.39 is 0 Å². The number of aromatic nitrogens is 5. The van der Waals surface area contributed by atoms with Crippen LogP contribution in [0.15, 0.2) is 37.1 Å². The van der Waals surface area contributed by atoms with Crippen molar-refractivity contribution in [3.8, 4) is 0 Å². The minimum absolute atomic E-state index is 0.332. The first-order valence-electron chi connectivity index (χ1n) is 6.92. The second-order valence-electron chi connectivity index (χ2n) is 5.08. The third-order valence-electron chi connectivity index (χ3n) is 3.70. The summed E-state index contributed by atoms with van der Waals surface area (Å²) in [6, 6.07) is 0. The summed E-state index contributed by atoms with van der Waals surface area (Å²) in [6.45, 7) is 0. The normalized spacial score (nSPS) is 14.6. The van der Waals surface area contributed by atoms with Crippen LogP contribution in [0, 0.1) is 0 Å². The lowest BCUT2D eigenvalue weighted by molar-refractivity contribution is 0.823. The summed E-state index contributed by atoms with van der Waals surface area (Å²) in [4.78, 5) is 17.1. The highest BCUT2D eigenvalue weighted by Gasteiger charge is 2.16. The van der Waals surface area contributed by atoms with Gasteiger partial charge in [0.2, 0.25) is 11.7 Å². The summed E-state index contributed by atoms with van der Waals surface area (Å²) < 4.78 is 1.92. The number of hydrogen-bond donors (Lipinski definition) is 1. The van der Waals surface area contributed by atoms with Crippen molar-refractivity contribution in [1.82, 2.24) is 24.3 Å². The maximum atomic E-state index is 5.71. The predicted molar refractivity (Wildman–Crippen MR) is 79.4 cm³/mol. The number of anilines is 1. The molecule has 6 nitrogen and oxygen atoms in total. The van der Waals surface area contributed by atoms with E-state index in [2.05, 4.69) is 26.0 Å². The standard InChI is InChI=1S/C15H14N6/c16-14-18-8-12-11(3-1-2-4-13(12)20-14)10-7-19-15-17-5-6-21(15)9-10/h3,5-9H,1-2,4H2,(H2,16,18,20). The molecule has 0 unspecified atom stereocenters. The van der Waals surface area contributed by atoms with E-state index >= 15 is 0 Å². The highest BCUT2D eigenvalue weighted by Crippen LogP contribution is 2.29. The van der Waals surface area contributed by atoms with Crippen molar-refractivity contribution in [1.29, 1.82) is 0 Å². The monoisotopic (exact) mass is 278 g/mol. The fourth-order valence-electron chi connectivity index (χ4n) is 2.70. The fourth-order valence-corrected chi connectivity index (χ4v) is 2.70. The Bertz CT molecular complexity index is 848. The van der Waals surface area contributed by atoms with Gasteiger partial charge in [-0.25, -0.2) is 19.9 Å². The molecule has 1 aliphatic rings. The third-order valence-corrected chi connectivity index (χ3v) is 3.70. The first-order valence-corrected chi connectivity index (χ1v) is 6.92. The summed E-state index contributed by atoms with van der Waals surface area (Å²) >= 11 is 0. The van der Waals surface area contributed by atoms with Crippen molar-refractivity contribution in [3.63, 3.8) is 0 Å². The van der Waals surface area contributed by atoms with Gasteiger partial charge in [-0.1, -0.05) is 6.08 Å². The van der Waals surface area contributed by atoms with Crippen LogP contribution in [0.3, 0.4) is 0 Å². The Morgan fingerprint density at radius 2 is 2.10 bits per heavy atom. The zero-order valence-electron chi connectivity index (χ0n) is 11.4. The molecule has 0 aromatic carbocycles. The first kappa shape index (κ1) is 12.0. The second-order valence-corrected chi connectivity index (χ2v) is 5.08. The number of hydrogen-bond acceptors (Lipinski definition) is 5. The van der Waals surface area contributed by atoms with E-state index in [4.69, 9.17) is 5.73 Å². The Balaban J connectivity index is 1.89. The van der Waals surface area contributed by atoms with Gasteiger partial charge in [0.25, 0.3) is 0 Å². The smallest absolute Gasteiger partial charge is 0.233 e. The number of allylic oxidation sites excluding steroid dienone is 1. The zero-order valence-corrected chi connectivity index (χ0v) is 11.4. The van der Waals surface area contributed by atoms with Gasteiger partial charge in [-0.3, -0.25) is 4.40 Å². The third kappa shape index (κ3) is 2.05. The van der Waals surface area contributed by atoms with E-state index in [0.29, 0.717) is 11.7 Å². The molecule has 1 aliphatic carbocycles. The molecule has 0 fully saturated rings. The molecule has 3 aromatic rings. The quantitative estimate of drug-likeness (QED) is 0.734. The first-order chi connectivity index (χ1) is 10.3. The van der Waals surface area contributed by atoms with E-state index in [-0.39, 0.29) is 0 Å². The highest BCUT2D eigenvalue weighted by molar-refractivity contribution is 5.80. The van der Waals surface area contributed by atoms with Crippen LogP contribution in [0.1, 0.15) is 29.7 Å². The fraction of sp³-hybridized carbons (Fsp3) is 0.200. The Hall–Kier alpha value is -2.76. The number of rotatable bonds is 1. The lowest BCUT2D eigenvalue weighted by Gasteiger charge is -2.10. The number of imidazole rings is 1. The van der Waals surface area contributed by atoms with Crippen LogP contribution >= 0.6 is 0 Å². The molecule has 0 saturated carbocycles. The topological polar surface area (TPSA) is 82.0 Å². The van der Waals surface area contributed by atoms with E-state index in [9.17, 15) is 0 Å². The molecule has 2 N–H and O–H groups in total. The van der Waals surface area contributed by atoms with Crippen molar-refractivity contribution in [2.24, 2.45) is 0 Å². The van der Waals surface area contributed by atoms with Crippen LogP contribution < -0.4 is 5.73 Å². The molecule has 6 heteroatoms. The molecule has 0 aliphatic heterocycles. The molecular formula is C15H14N6. The van der Waals surface area contributed by atoms with Gasteiger partial charge in [0.05, 0.1) is 5.69 Å². The Kier molecular flexibility index (Phi) is 2.67. The molecule has 3 heterocycles. The lowest BCUT2D eigenvalue weighted by Crippen LogP contribution is -2.03. The van der Waals surface area contributed by atoms with E-state index in [1.54, 1.807) is 6.20 Å². The molecule has 0 amide bonds. The predicted octanol–water partition coefficient (Wildman–Crippen LogP) is 1.87. The molecule has 0 radical (unpaired) electrons. The molecule has 0 saturated heterocycles. The lowest BCUT2D eigenvalue weighted by atomic mass is 10.0.